The number of aromatic nitrogens is 3. The molecule has 1 atom stereocenters. The van der Waals surface area contributed by atoms with Crippen molar-refractivity contribution in [3.63, 3.8) is 0 Å². The van der Waals surface area contributed by atoms with Crippen LogP contribution in [0.15, 0.2) is 67.3 Å². The maximum atomic E-state index is 12.2. The third-order valence-corrected chi connectivity index (χ3v) is 3.91. The monoisotopic (exact) mass is 320 g/mol. The summed E-state index contributed by atoms with van der Waals surface area (Å²) in [7, 11) is 0. The van der Waals surface area contributed by atoms with E-state index in [4.69, 9.17) is 0 Å². The second kappa shape index (κ2) is 7.55. The van der Waals surface area contributed by atoms with E-state index in [1.165, 1.54) is 0 Å². The average molecular weight is 320 g/mol. The molecule has 1 N–H and O–H groups in total. The molecule has 2 aromatic heterocycles. The number of pyridine rings is 1. The molecule has 5 heteroatoms. The zero-order valence-electron chi connectivity index (χ0n) is 13.6. The number of benzene rings is 1. The van der Waals surface area contributed by atoms with Gasteiger partial charge in [0.25, 0.3) is 0 Å². The second-order valence-corrected chi connectivity index (χ2v) is 5.69. The van der Waals surface area contributed by atoms with Crippen LogP contribution in [0.1, 0.15) is 30.5 Å². The molecule has 24 heavy (non-hydrogen) atoms. The molecule has 2 heterocycles. The predicted octanol–water partition coefficient (Wildman–Crippen LogP) is 3.08. The molecule has 3 aromatic rings. The third kappa shape index (κ3) is 4.07. The van der Waals surface area contributed by atoms with Gasteiger partial charge < -0.3 is 5.32 Å². The summed E-state index contributed by atoms with van der Waals surface area (Å²) in [6.07, 6.45) is 8.32. The fourth-order valence-electron chi connectivity index (χ4n) is 2.56. The first-order valence-electron chi connectivity index (χ1n) is 8.00. The summed E-state index contributed by atoms with van der Waals surface area (Å²) in [5.74, 6) is 0.0452. The molecule has 1 aromatic carbocycles. The quantitative estimate of drug-likeness (QED) is 0.759. The van der Waals surface area contributed by atoms with Crippen LogP contribution in [0.4, 0.5) is 0 Å². The number of nitrogens with zero attached hydrogens (tertiary/aromatic N) is 3. The number of hydrogen-bond donors (Lipinski definition) is 1. The smallest absolute Gasteiger partial charge is 0.220 e. The highest BCUT2D eigenvalue weighted by Crippen LogP contribution is 2.16. The van der Waals surface area contributed by atoms with E-state index in [9.17, 15) is 4.79 Å². The topological polar surface area (TPSA) is 59.8 Å². The first-order chi connectivity index (χ1) is 11.7. The molecule has 0 aliphatic rings. The Kier molecular flexibility index (Phi) is 5.01. The van der Waals surface area contributed by atoms with E-state index < -0.39 is 0 Å². The van der Waals surface area contributed by atoms with Gasteiger partial charge in [-0.25, -0.2) is 4.68 Å². The molecule has 0 aliphatic carbocycles. The van der Waals surface area contributed by atoms with Crippen LogP contribution in [0, 0.1) is 0 Å². The Morgan fingerprint density at radius 3 is 2.75 bits per heavy atom. The SMILES string of the molecule is C[C@@H](NC(=O)CCc1ccncc1)c1cccc(-n2cccn2)c1. The molecule has 3 rings (SSSR count). The van der Waals surface area contributed by atoms with Gasteiger partial charge in [-0.3, -0.25) is 9.78 Å². The Hall–Kier alpha value is -2.95. The molecule has 0 radical (unpaired) electrons. The summed E-state index contributed by atoms with van der Waals surface area (Å²) in [6, 6.07) is 13.7. The number of hydrogen-bond acceptors (Lipinski definition) is 3. The number of carbonyl (C=O) groups excluding carboxylic acids is 1. The van der Waals surface area contributed by atoms with Crippen molar-refractivity contribution < 1.29 is 4.79 Å². The Balaban J connectivity index is 1.59. The van der Waals surface area contributed by atoms with E-state index in [0.29, 0.717) is 12.8 Å². The first-order valence-corrected chi connectivity index (χ1v) is 8.00. The van der Waals surface area contributed by atoms with Crippen LogP contribution in [0.5, 0.6) is 0 Å². The van der Waals surface area contributed by atoms with Crippen molar-refractivity contribution in [2.45, 2.75) is 25.8 Å². The normalized spacial score (nSPS) is 11.9. The maximum absolute atomic E-state index is 12.2. The van der Waals surface area contributed by atoms with Crippen LogP contribution >= 0.6 is 0 Å². The van der Waals surface area contributed by atoms with Crippen molar-refractivity contribution in [2.75, 3.05) is 0 Å². The lowest BCUT2D eigenvalue weighted by Gasteiger charge is -2.15. The zero-order chi connectivity index (χ0) is 16.8. The highest BCUT2D eigenvalue weighted by atomic mass is 16.1. The van der Waals surface area contributed by atoms with Gasteiger partial charge in [-0.05, 0) is 54.8 Å². The molecule has 0 spiro atoms. The van der Waals surface area contributed by atoms with Crippen molar-refractivity contribution in [3.05, 3.63) is 78.4 Å². The molecule has 5 nitrogen and oxygen atoms in total. The van der Waals surface area contributed by atoms with Crippen molar-refractivity contribution in [1.82, 2.24) is 20.1 Å². The van der Waals surface area contributed by atoms with Crippen LogP contribution in [0.25, 0.3) is 5.69 Å². The summed E-state index contributed by atoms with van der Waals surface area (Å²) in [6.45, 7) is 1.99. The van der Waals surface area contributed by atoms with Crippen LogP contribution < -0.4 is 5.32 Å². The maximum Gasteiger partial charge on any atom is 0.220 e. The van der Waals surface area contributed by atoms with Gasteiger partial charge in [-0.1, -0.05) is 12.1 Å². The van der Waals surface area contributed by atoms with Crippen molar-refractivity contribution >= 4 is 5.91 Å². The summed E-state index contributed by atoms with van der Waals surface area (Å²) in [4.78, 5) is 16.2. The van der Waals surface area contributed by atoms with E-state index in [1.807, 2.05) is 60.3 Å². The molecule has 0 fully saturated rings. The minimum absolute atomic E-state index is 0.0452. The van der Waals surface area contributed by atoms with E-state index in [0.717, 1.165) is 16.8 Å². The molecule has 0 unspecified atom stereocenters. The third-order valence-electron chi connectivity index (χ3n) is 3.91. The summed E-state index contributed by atoms with van der Waals surface area (Å²) >= 11 is 0. The van der Waals surface area contributed by atoms with Crippen LogP contribution in [-0.4, -0.2) is 20.7 Å². The molecule has 0 saturated carbocycles. The minimum atomic E-state index is -0.0505. The average Bonchev–Trinajstić information content (AvgIpc) is 3.16. The Labute approximate surface area is 141 Å². The Bertz CT molecular complexity index is 784. The number of nitrogens with one attached hydrogen (secondary N) is 1. The van der Waals surface area contributed by atoms with E-state index >= 15 is 0 Å². The van der Waals surface area contributed by atoms with Crippen LogP contribution in [0.3, 0.4) is 0 Å². The number of amides is 1. The van der Waals surface area contributed by atoms with Gasteiger partial charge >= 0.3 is 0 Å². The van der Waals surface area contributed by atoms with Gasteiger partial charge in [0, 0.05) is 31.2 Å². The highest BCUT2D eigenvalue weighted by Gasteiger charge is 2.10. The lowest BCUT2D eigenvalue weighted by Crippen LogP contribution is -2.26. The summed E-state index contributed by atoms with van der Waals surface area (Å²) in [5.41, 5.74) is 3.16. The largest absolute Gasteiger partial charge is 0.350 e. The van der Waals surface area contributed by atoms with Crippen molar-refractivity contribution in [3.8, 4) is 5.69 Å². The lowest BCUT2D eigenvalue weighted by atomic mass is 10.1. The Morgan fingerprint density at radius 1 is 1.17 bits per heavy atom. The molecular weight excluding hydrogens is 300 g/mol. The highest BCUT2D eigenvalue weighted by molar-refractivity contribution is 5.76. The van der Waals surface area contributed by atoms with E-state index in [-0.39, 0.29) is 11.9 Å². The van der Waals surface area contributed by atoms with Crippen LogP contribution in [-0.2, 0) is 11.2 Å². The second-order valence-electron chi connectivity index (χ2n) is 5.69. The van der Waals surface area contributed by atoms with Gasteiger partial charge in [0.1, 0.15) is 0 Å². The summed E-state index contributed by atoms with van der Waals surface area (Å²) < 4.78 is 1.81. The fourth-order valence-corrected chi connectivity index (χ4v) is 2.56. The van der Waals surface area contributed by atoms with Gasteiger partial charge in [-0.15, -0.1) is 0 Å². The van der Waals surface area contributed by atoms with Gasteiger partial charge in [0.2, 0.25) is 5.91 Å². The number of aryl methyl sites for hydroxylation is 1. The number of carbonyl (C=O) groups is 1. The van der Waals surface area contributed by atoms with Gasteiger partial charge in [0.05, 0.1) is 11.7 Å². The lowest BCUT2D eigenvalue weighted by molar-refractivity contribution is -0.121. The van der Waals surface area contributed by atoms with Gasteiger partial charge in [0.15, 0.2) is 0 Å². The summed E-state index contributed by atoms with van der Waals surface area (Å²) in [5, 5.41) is 7.29. The zero-order valence-corrected chi connectivity index (χ0v) is 13.6. The molecule has 122 valence electrons. The molecule has 1 amide bonds. The molecule has 0 bridgehead atoms. The number of rotatable bonds is 6. The van der Waals surface area contributed by atoms with E-state index in [2.05, 4.69) is 15.4 Å². The van der Waals surface area contributed by atoms with E-state index in [1.54, 1.807) is 18.6 Å². The van der Waals surface area contributed by atoms with Crippen molar-refractivity contribution in [2.24, 2.45) is 0 Å². The standard InChI is InChI=1S/C19H20N4O/c1-15(22-19(24)7-6-16-8-11-20-12-9-16)17-4-2-5-18(14-17)23-13-3-10-21-23/h2-5,8-15H,6-7H2,1H3,(H,22,24)/t15-/m1/s1. The van der Waals surface area contributed by atoms with Crippen molar-refractivity contribution in [1.29, 1.82) is 0 Å². The first kappa shape index (κ1) is 15.9. The molecule has 0 saturated heterocycles. The van der Waals surface area contributed by atoms with Gasteiger partial charge in [-0.2, -0.15) is 5.10 Å². The molecule has 0 aliphatic heterocycles. The molecular formula is C19H20N4O. The fraction of sp³-hybridized carbons (Fsp3) is 0.211. The minimum Gasteiger partial charge on any atom is -0.350 e. The predicted molar refractivity (Wildman–Crippen MR) is 92.7 cm³/mol. The van der Waals surface area contributed by atoms with Crippen LogP contribution in [0.2, 0.25) is 0 Å². The Morgan fingerprint density at radius 2 is 2.00 bits per heavy atom.